The van der Waals surface area contributed by atoms with Crippen LogP contribution < -0.4 is 15.0 Å². The second-order valence-corrected chi connectivity index (χ2v) is 9.59. The van der Waals surface area contributed by atoms with Gasteiger partial charge < -0.3 is 19.9 Å². The molecule has 0 unspecified atom stereocenters. The maximum atomic E-state index is 5.68. The summed E-state index contributed by atoms with van der Waals surface area (Å²) in [5.74, 6) is 2.82. The number of nitrogens with one attached hydrogen (secondary N) is 1. The first kappa shape index (κ1) is 20.5. The van der Waals surface area contributed by atoms with Gasteiger partial charge in [-0.2, -0.15) is 0 Å². The lowest BCUT2D eigenvalue weighted by molar-refractivity contribution is 0.390. The van der Waals surface area contributed by atoms with Crippen molar-refractivity contribution in [1.82, 2.24) is 14.9 Å². The van der Waals surface area contributed by atoms with Crippen LogP contribution in [-0.4, -0.2) is 53.3 Å². The van der Waals surface area contributed by atoms with E-state index in [0.717, 1.165) is 65.6 Å². The van der Waals surface area contributed by atoms with Gasteiger partial charge >= 0.3 is 0 Å². The van der Waals surface area contributed by atoms with Crippen LogP contribution in [0.25, 0.3) is 10.2 Å². The Bertz CT molecular complexity index is 1100. The predicted octanol–water partition coefficient (Wildman–Crippen LogP) is 4.41. The fourth-order valence-electron chi connectivity index (χ4n) is 4.47. The zero-order valence-corrected chi connectivity index (χ0v) is 19.6. The van der Waals surface area contributed by atoms with Crippen molar-refractivity contribution in [3.8, 4) is 5.75 Å². The molecule has 0 radical (unpaired) electrons. The molecular formula is C23H27N5OS2. The Kier molecular flexibility index (Phi) is 5.67. The third-order valence-corrected chi connectivity index (χ3v) is 7.66. The fourth-order valence-corrected chi connectivity index (χ4v) is 6.07. The molecule has 0 saturated carbocycles. The number of thiocarbonyl (C=S) groups is 1. The number of aromatic nitrogens is 2. The van der Waals surface area contributed by atoms with Gasteiger partial charge in [-0.1, -0.05) is 0 Å². The minimum atomic E-state index is 0.766. The van der Waals surface area contributed by atoms with Gasteiger partial charge in [0.1, 0.15) is 22.2 Å². The van der Waals surface area contributed by atoms with Crippen LogP contribution in [0.2, 0.25) is 0 Å². The molecule has 2 aromatic heterocycles. The average Bonchev–Trinajstić information content (AvgIpc) is 3.17. The zero-order valence-electron chi connectivity index (χ0n) is 18.0. The Hall–Kier alpha value is -2.45. The summed E-state index contributed by atoms with van der Waals surface area (Å²) in [7, 11) is 1.67. The molecule has 1 fully saturated rings. The summed E-state index contributed by atoms with van der Waals surface area (Å²) in [4.78, 5) is 17.0. The van der Waals surface area contributed by atoms with Crippen LogP contribution in [0.15, 0.2) is 24.3 Å². The molecule has 1 aliphatic carbocycles. The quantitative estimate of drug-likeness (QED) is 0.590. The SMILES string of the molecule is COc1ccc(NC(=S)N2CCN(c3nc(C)nc4sc5c(c34)CCCC5)CC2)cc1. The van der Waals surface area contributed by atoms with Crippen molar-refractivity contribution in [3.05, 3.63) is 40.5 Å². The third kappa shape index (κ3) is 4.06. The van der Waals surface area contributed by atoms with Crippen LogP contribution in [0.5, 0.6) is 5.75 Å². The fraction of sp³-hybridized carbons (Fsp3) is 0.435. The van der Waals surface area contributed by atoms with Crippen LogP contribution in [0.4, 0.5) is 11.5 Å². The number of fused-ring (bicyclic) bond motifs is 3. The molecule has 1 aromatic carbocycles. The number of piperazine rings is 1. The molecule has 0 amide bonds. The summed E-state index contributed by atoms with van der Waals surface area (Å²) in [6.45, 7) is 5.56. The molecule has 0 atom stereocenters. The molecule has 1 aliphatic heterocycles. The second kappa shape index (κ2) is 8.59. The Morgan fingerprint density at radius 3 is 2.55 bits per heavy atom. The Morgan fingerprint density at radius 1 is 1.06 bits per heavy atom. The Balaban J connectivity index is 1.30. The number of anilines is 2. The maximum absolute atomic E-state index is 5.68. The molecule has 2 aliphatic rings. The van der Waals surface area contributed by atoms with Crippen molar-refractivity contribution in [1.29, 1.82) is 0 Å². The average molecular weight is 454 g/mol. The molecule has 0 bridgehead atoms. The largest absolute Gasteiger partial charge is 0.497 e. The van der Waals surface area contributed by atoms with Crippen LogP contribution in [-0.2, 0) is 12.8 Å². The highest BCUT2D eigenvalue weighted by Crippen LogP contribution is 2.39. The number of methoxy groups -OCH3 is 1. The van der Waals surface area contributed by atoms with E-state index < -0.39 is 0 Å². The highest BCUT2D eigenvalue weighted by molar-refractivity contribution is 7.80. The Morgan fingerprint density at radius 2 is 1.81 bits per heavy atom. The van der Waals surface area contributed by atoms with Gasteiger partial charge in [-0.15, -0.1) is 11.3 Å². The van der Waals surface area contributed by atoms with Crippen molar-refractivity contribution in [2.24, 2.45) is 0 Å². The molecular weight excluding hydrogens is 426 g/mol. The lowest BCUT2D eigenvalue weighted by Crippen LogP contribution is -2.50. The van der Waals surface area contributed by atoms with Gasteiger partial charge in [0, 0.05) is 36.7 Å². The molecule has 5 rings (SSSR count). The van der Waals surface area contributed by atoms with Crippen molar-refractivity contribution in [2.75, 3.05) is 43.5 Å². The first-order valence-corrected chi connectivity index (χ1v) is 12.1. The summed E-state index contributed by atoms with van der Waals surface area (Å²) in [6, 6.07) is 7.85. The molecule has 8 heteroatoms. The normalized spacial score (nSPS) is 16.3. The van der Waals surface area contributed by atoms with E-state index in [1.165, 1.54) is 35.1 Å². The monoisotopic (exact) mass is 453 g/mol. The number of rotatable bonds is 3. The molecule has 3 aromatic rings. The maximum Gasteiger partial charge on any atom is 0.173 e. The Labute approximate surface area is 192 Å². The van der Waals surface area contributed by atoms with Crippen molar-refractivity contribution in [2.45, 2.75) is 32.6 Å². The van der Waals surface area contributed by atoms with Gasteiger partial charge in [0.2, 0.25) is 0 Å². The number of aryl methyl sites for hydroxylation is 3. The highest BCUT2D eigenvalue weighted by Gasteiger charge is 2.26. The van der Waals surface area contributed by atoms with Crippen molar-refractivity contribution in [3.63, 3.8) is 0 Å². The van der Waals surface area contributed by atoms with E-state index in [2.05, 4.69) is 15.1 Å². The number of ether oxygens (including phenoxy) is 1. The molecule has 162 valence electrons. The van der Waals surface area contributed by atoms with Crippen LogP contribution >= 0.6 is 23.6 Å². The summed E-state index contributed by atoms with van der Waals surface area (Å²) in [5, 5.41) is 5.42. The predicted molar refractivity (Wildman–Crippen MR) is 132 cm³/mol. The molecule has 31 heavy (non-hydrogen) atoms. The lowest BCUT2D eigenvalue weighted by atomic mass is 9.97. The van der Waals surface area contributed by atoms with Gasteiger partial charge in [-0.25, -0.2) is 9.97 Å². The first-order chi connectivity index (χ1) is 15.1. The summed E-state index contributed by atoms with van der Waals surface area (Å²) in [6.07, 6.45) is 4.91. The van der Waals surface area contributed by atoms with Gasteiger partial charge in [-0.05, 0) is 74.7 Å². The van der Waals surface area contributed by atoms with E-state index in [0.29, 0.717) is 0 Å². The van der Waals surface area contributed by atoms with E-state index >= 15 is 0 Å². The molecule has 1 N–H and O–H groups in total. The van der Waals surface area contributed by atoms with E-state index in [1.54, 1.807) is 7.11 Å². The smallest absolute Gasteiger partial charge is 0.173 e. The number of nitrogens with zero attached hydrogens (tertiary/aromatic N) is 4. The van der Waals surface area contributed by atoms with Crippen molar-refractivity contribution >= 4 is 50.4 Å². The number of hydrogen-bond donors (Lipinski definition) is 1. The topological polar surface area (TPSA) is 53.5 Å². The molecule has 0 spiro atoms. The van der Waals surface area contributed by atoms with E-state index in [9.17, 15) is 0 Å². The lowest BCUT2D eigenvalue weighted by Gasteiger charge is -2.37. The molecule has 6 nitrogen and oxygen atoms in total. The van der Waals surface area contributed by atoms with Gasteiger partial charge in [0.15, 0.2) is 5.11 Å². The number of benzene rings is 1. The third-order valence-electron chi connectivity index (χ3n) is 6.12. The van der Waals surface area contributed by atoms with Crippen LogP contribution in [0.3, 0.4) is 0 Å². The molecule has 1 saturated heterocycles. The summed E-state index contributed by atoms with van der Waals surface area (Å²) in [5.41, 5.74) is 2.48. The summed E-state index contributed by atoms with van der Waals surface area (Å²) < 4.78 is 5.23. The minimum Gasteiger partial charge on any atom is -0.497 e. The van der Waals surface area contributed by atoms with E-state index in [-0.39, 0.29) is 0 Å². The molecule has 3 heterocycles. The van der Waals surface area contributed by atoms with Crippen LogP contribution in [0.1, 0.15) is 29.1 Å². The standard InChI is InChI=1S/C23H27N5OS2/c1-15-24-21(20-18-5-3-4-6-19(18)31-22(20)25-15)27-11-13-28(14-12-27)23(30)26-16-7-9-17(29-2)10-8-16/h7-10H,3-6,11-14H2,1-2H3,(H,26,30). The van der Waals surface area contributed by atoms with Crippen molar-refractivity contribution < 1.29 is 4.74 Å². The zero-order chi connectivity index (χ0) is 21.4. The number of hydrogen-bond acceptors (Lipinski definition) is 6. The minimum absolute atomic E-state index is 0.766. The van der Waals surface area contributed by atoms with E-state index in [4.69, 9.17) is 26.9 Å². The summed E-state index contributed by atoms with van der Waals surface area (Å²) >= 11 is 7.55. The highest BCUT2D eigenvalue weighted by atomic mass is 32.1. The second-order valence-electron chi connectivity index (χ2n) is 8.12. The van der Waals surface area contributed by atoms with Gasteiger partial charge in [0.05, 0.1) is 12.5 Å². The number of thiophene rings is 1. The van der Waals surface area contributed by atoms with E-state index in [1.807, 2.05) is 42.5 Å². The van der Waals surface area contributed by atoms with Gasteiger partial charge in [-0.3, -0.25) is 0 Å². The van der Waals surface area contributed by atoms with Crippen LogP contribution in [0, 0.1) is 6.92 Å². The first-order valence-electron chi connectivity index (χ1n) is 10.9. The van der Waals surface area contributed by atoms with Gasteiger partial charge in [0.25, 0.3) is 0 Å².